The maximum Gasteiger partial charge on any atom is 0.254 e. The van der Waals surface area contributed by atoms with E-state index < -0.39 is 0 Å². The SMILES string of the molecule is Cc1nc2c(c(=O)[nH]1)C[C@@H]1CC[C@@H](C2)N1C(=O)CCC1CCCC1. The molecule has 2 bridgehead atoms. The maximum atomic E-state index is 12.9. The summed E-state index contributed by atoms with van der Waals surface area (Å²) in [5, 5.41) is 0. The fourth-order valence-electron chi connectivity index (χ4n) is 5.03. The number of carbonyl (C=O) groups is 1. The highest BCUT2D eigenvalue weighted by molar-refractivity contribution is 5.77. The third-order valence-corrected chi connectivity index (χ3v) is 6.24. The van der Waals surface area contributed by atoms with Crippen molar-refractivity contribution in [3.05, 3.63) is 27.4 Å². The van der Waals surface area contributed by atoms with E-state index in [9.17, 15) is 9.59 Å². The predicted molar refractivity (Wildman–Crippen MR) is 91.9 cm³/mol. The molecule has 2 atom stereocenters. The van der Waals surface area contributed by atoms with Gasteiger partial charge in [0.15, 0.2) is 0 Å². The van der Waals surface area contributed by atoms with Gasteiger partial charge in [0.2, 0.25) is 5.91 Å². The van der Waals surface area contributed by atoms with Gasteiger partial charge in [-0.15, -0.1) is 0 Å². The molecule has 2 aliphatic heterocycles. The molecule has 2 fully saturated rings. The van der Waals surface area contributed by atoms with Crippen LogP contribution in [0.1, 0.15) is 68.4 Å². The van der Waals surface area contributed by atoms with E-state index in [1.165, 1.54) is 25.7 Å². The van der Waals surface area contributed by atoms with Gasteiger partial charge < -0.3 is 9.88 Å². The number of nitrogens with one attached hydrogen (secondary N) is 1. The summed E-state index contributed by atoms with van der Waals surface area (Å²) in [6.45, 7) is 1.83. The molecule has 24 heavy (non-hydrogen) atoms. The van der Waals surface area contributed by atoms with E-state index in [1.807, 2.05) is 6.92 Å². The van der Waals surface area contributed by atoms with Gasteiger partial charge in [-0.05, 0) is 32.1 Å². The number of aromatic amines is 1. The Bertz CT molecular complexity index is 690. The van der Waals surface area contributed by atoms with Crippen molar-refractivity contribution in [2.75, 3.05) is 0 Å². The Morgan fingerprint density at radius 1 is 1.17 bits per heavy atom. The van der Waals surface area contributed by atoms with Crippen molar-refractivity contribution in [1.82, 2.24) is 14.9 Å². The molecular formula is C19H27N3O2. The first kappa shape index (κ1) is 15.9. The number of fused-ring (bicyclic) bond motifs is 3. The van der Waals surface area contributed by atoms with E-state index in [1.54, 1.807) is 0 Å². The van der Waals surface area contributed by atoms with Gasteiger partial charge in [0.05, 0.1) is 5.69 Å². The van der Waals surface area contributed by atoms with Crippen molar-refractivity contribution in [2.24, 2.45) is 5.92 Å². The molecule has 1 aliphatic carbocycles. The molecular weight excluding hydrogens is 302 g/mol. The molecule has 5 heteroatoms. The van der Waals surface area contributed by atoms with Crippen LogP contribution in [0, 0.1) is 12.8 Å². The van der Waals surface area contributed by atoms with Crippen LogP contribution in [0.15, 0.2) is 4.79 Å². The van der Waals surface area contributed by atoms with Crippen molar-refractivity contribution >= 4 is 5.91 Å². The zero-order valence-corrected chi connectivity index (χ0v) is 14.5. The molecule has 0 radical (unpaired) electrons. The molecule has 0 aromatic carbocycles. The van der Waals surface area contributed by atoms with Crippen LogP contribution in [0.2, 0.25) is 0 Å². The van der Waals surface area contributed by atoms with Crippen LogP contribution in [0.4, 0.5) is 0 Å². The van der Waals surface area contributed by atoms with Crippen LogP contribution in [0.3, 0.4) is 0 Å². The lowest BCUT2D eigenvalue weighted by Gasteiger charge is -2.28. The van der Waals surface area contributed by atoms with Gasteiger partial charge in [0.1, 0.15) is 5.82 Å². The van der Waals surface area contributed by atoms with E-state index >= 15 is 0 Å². The monoisotopic (exact) mass is 329 g/mol. The van der Waals surface area contributed by atoms with E-state index in [2.05, 4.69) is 14.9 Å². The van der Waals surface area contributed by atoms with Crippen molar-refractivity contribution in [3.8, 4) is 0 Å². The van der Waals surface area contributed by atoms with E-state index in [0.29, 0.717) is 24.6 Å². The van der Waals surface area contributed by atoms with Crippen molar-refractivity contribution < 1.29 is 4.79 Å². The van der Waals surface area contributed by atoms with Crippen molar-refractivity contribution in [3.63, 3.8) is 0 Å². The summed E-state index contributed by atoms with van der Waals surface area (Å²) in [6.07, 6.45) is 10.5. The topological polar surface area (TPSA) is 66.1 Å². The molecule has 1 saturated heterocycles. The molecule has 0 spiro atoms. The summed E-state index contributed by atoms with van der Waals surface area (Å²) in [5.74, 6) is 1.73. The number of aryl methyl sites for hydroxylation is 1. The summed E-state index contributed by atoms with van der Waals surface area (Å²) in [5.41, 5.74) is 1.71. The highest BCUT2D eigenvalue weighted by Crippen LogP contribution is 2.34. The number of H-pyrrole nitrogens is 1. The lowest BCUT2D eigenvalue weighted by molar-refractivity contribution is -0.134. The fourth-order valence-corrected chi connectivity index (χ4v) is 5.03. The highest BCUT2D eigenvalue weighted by atomic mass is 16.2. The first-order valence-electron chi connectivity index (χ1n) is 9.51. The van der Waals surface area contributed by atoms with Gasteiger partial charge in [-0.25, -0.2) is 4.98 Å². The Balaban J connectivity index is 1.51. The Labute approximate surface area is 142 Å². The van der Waals surface area contributed by atoms with Gasteiger partial charge in [-0.3, -0.25) is 9.59 Å². The zero-order valence-electron chi connectivity index (χ0n) is 14.5. The van der Waals surface area contributed by atoms with E-state index in [-0.39, 0.29) is 17.6 Å². The Hall–Kier alpha value is -1.65. The van der Waals surface area contributed by atoms with Gasteiger partial charge in [0, 0.05) is 36.9 Å². The summed E-state index contributed by atoms with van der Waals surface area (Å²) >= 11 is 0. The fraction of sp³-hybridized carbons (Fsp3) is 0.737. The van der Waals surface area contributed by atoms with E-state index in [0.717, 1.165) is 42.9 Å². The number of aromatic nitrogens is 2. The summed E-state index contributed by atoms with van der Waals surface area (Å²) < 4.78 is 0. The Morgan fingerprint density at radius 2 is 1.88 bits per heavy atom. The molecule has 3 heterocycles. The van der Waals surface area contributed by atoms with Crippen LogP contribution >= 0.6 is 0 Å². The first-order valence-corrected chi connectivity index (χ1v) is 9.51. The number of rotatable bonds is 3. The molecule has 1 aromatic rings. The molecule has 3 aliphatic rings. The minimum atomic E-state index is -0.0107. The van der Waals surface area contributed by atoms with Crippen LogP contribution < -0.4 is 5.56 Å². The summed E-state index contributed by atoms with van der Waals surface area (Å²) in [7, 11) is 0. The molecule has 4 rings (SSSR count). The Kier molecular flexibility index (Phi) is 4.19. The average molecular weight is 329 g/mol. The normalized spacial score (nSPS) is 26.5. The number of amides is 1. The molecule has 5 nitrogen and oxygen atoms in total. The largest absolute Gasteiger partial charge is 0.336 e. The second-order valence-electron chi connectivity index (χ2n) is 7.86. The lowest BCUT2D eigenvalue weighted by Crippen LogP contribution is -2.41. The third-order valence-electron chi connectivity index (χ3n) is 6.24. The zero-order chi connectivity index (χ0) is 16.7. The van der Waals surface area contributed by atoms with Gasteiger partial charge in [-0.2, -0.15) is 0 Å². The number of nitrogens with zero attached hydrogens (tertiary/aromatic N) is 2. The molecule has 1 saturated carbocycles. The predicted octanol–water partition coefficient (Wildman–Crippen LogP) is 2.51. The second-order valence-corrected chi connectivity index (χ2v) is 7.86. The third kappa shape index (κ3) is 2.89. The van der Waals surface area contributed by atoms with Gasteiger partial charge in [-0.1, -0.05) is 25.7 Å². The molecule has 1 N–H and O–H groups in total. The number of carbonyl (C=O) groups excluding carboxylic acids is 1. The van der Waals surface area contributed by atoms with E-state index in [4.69, 9.17) is 0 Å². The molecule has 130 valence electrons. The number of hydrogen-bond donors (Lipinski definition) is 1. The average Bonchev–Trinajstić information content (AvgIpc) is 3.13. The number of hydrogen-bond acceptors (Lipinski definition) is 3. The van der Waals surface area contributed by atoms with Crippen LogP contribution in [0.5, 0.6) is 0 Å². The molecule has 0 unspecified atom stereocenters. The second kappa shape index (κ2) is 6.34. The van der Waals surface area contributed by atoms with Crippen LogP contribution in [0.25, 0.3) is 0 Å². The van der Waals surface area contributed by atoms with Crippen molar-refractivity contribution in [2.45, 2.75) is 83.2 Å². The maximum absolute atomic E-state index is 12.9. The van der Waals surface area contributed by atoms with Gasteiger partial charge >= 0.3 is 0 Å². The van der Waals surface area contributed by atoms with Gasteiger partial charge in [0.25, 0.3) is 5.56 Å². The Morgan fingerprint density at radius 3 is 2.62 bits per heavy atom. The standard InChI is InChI=1S/C19H27N3O2/c1-12-20-17-11-15-8-7-14(10-16(17)19(24)21-12)22(15)18(23)9-6-13-4-2-3-5-13/h13-15H,2-11H2,1H3,(H,20,21,24)/t14-,15-/m0/s1. The first-order chi connectivity index (χ1) is 11.6. The quantitative estimate of drug-likeness (QED) is 0.926. The van der Waals surface area contributed by atoms with Crippen LogP contribution in [-0.2, 0) is 17.6 Å². The smallest absolute Gasteiger partial charge is 0.254 e. The highest BCUT2D eigenvalue weighted by Gasteiger charge is 2.40. The van der Waals surface area contributed by atoms with Crippen molar-refractivity contribution in [1.29, 1.82) is 0 Å². The minimum absolute atomic E-state index is 0.0107. The van der Waals surface area contributed by atoms with Crippen LogP contribution in [-0.4, -0.2) is 32.9 Å². The summed E-state index contributed by atoms with van der Waals surface area (Å²) in [6, 6.07) is 0.430. The summed E-state index contributed by atoms with van der Waals surface area (Å²) in [4.78, 5) is 34.7. The molecule has 1 amide bonds. The minimum Gasteiger partial charge on any atom is -0.336 e. The lowest BCUT2D eigenvalue weighted by atomic mass is 9.98. The molecule has 1 aromatic heterocycles.